The Balaban J connectivity index is 0.000000730. The van der Waals surface area contributed by atoms with E-state index in [2.05, 4.69) is 45.9 Å². The van der Waals surface area contributed by atoms with Gasteiger partial charge in [0.1, 0.15) is 0 Å². The molecular weight excluding hydrogens is 396 g/mol. The van der Waals surface area contributed by atoms with Gasteiger partial charge >= 0.3 is 6.03 Å². The summed E-state index contributed by atoms with van der Waals surface area (Å²) in [6.07, 6.45) is 2.96. The van der Waals surface area contributed by atoms with Crippen LogP contribution in [0.3, 0.4) is 0 Å². The normalized spacial score (nSPS) is 19.8. The SMILES string of the molecule is O=C1CC(c2ccc(N3CCCC3)cc2)c2ccc(N3CCNC3=O)cc2N1.O=CO. The molecule has 31 heavy (non-hydrogen) atoms. The van der Waals surface area contributed by atoms with Gasteiger partial charge in [-0.05, 0) is 48.2 Å². The quantitative estimate of drug-likeness (QED) is 0.660. The summed E-state index contributed by atoms with van der Waals surface area (Å²) in [4.78, 5) is 36.8. The summed E-state index contributed by atoms with van der Waals surface area (Å²) in [6, 6.07) is 14.5. The van der Waals surface area contributed by atoms with E-state index in [9.17, 15) is 9.59 Å². The van der Waals surface area contributed by atoms with Crippen LogP contribution in [0.2, 0.25) is 0 Å². The van der Waals surface area contributed by atoms with Crippen LogP contribution < -0.4 is 20.4 Å². The van der Waals surface area contributed by atoms with Gasteiger partial charge in [0.15, 0.2) is 0 Å². The fraction of sp³-hybridized carbons (Fsp3) is 0.348. The maximum Gasteiger partial charge on any atom is 0.321 e. The number of hydrogen-bond donors (Lipinski definition) is 3. The van der Waals surface area contributed by atoms with Crippen molar-refractivity contribution in [2.24, 2.45) is 0 Å². The molecule has 0 aromatic heterocycles. The van der Waals surface area contributed by atoms with Gasteiger partial charge in [-0.1, -0.05) is 18.2 Å². The molecule has 1 unspecified atom stereocenters. The molecule has 3 aliphatic rings. The zero-order valence-electron chi connectivity index (χ0n) is 17.2. The summed E-state index contributed by atoms with van der Waals surface area (Å²) in [5.41, 5.74) is 5.15. The number of carbonyl (C=O) groups excluding carboxylic acids is 2. The van der Waals surface area contributed by atoms with Crippen LogP contribution >= 0.6 is 0 Å². The number of benzene rings is 2. The molecule has 2 saturated heterocycles. The van der Waals surface area contributed by atoms with Crippen molar-refractivity contribution in [2.75, 3.05) is 41.3 Å². The van der Waals surface area contributed by atoms with Gasteiger partial charge in [-0.15, -0.1) is 0 Å². The van der Waals surface area contributed by atoms with E-state index < -0.39 is 0 Å². The van der Waals surface area contributed by atoms with E-state index in [4.69, 9.17) is 9.90 Å². The van der Waals surface area contributed by atoms with Crippen molar-refractivity contribution in [3.63, 3.8) is 0 Å². The maximum atomic E-state index is 12.4. The molecule has 3 N–H and O–H groups in total. The fourth-order valence-electron chi connectivity index (χ4n) is 4.53. The maximum absolute atomic E-state index is 12.4. The van der Waals surface area contributed by atoms with Crippen molar-refractivity contribution in [2.45, 2.75) is 25.2 Å². The average molecular weight is 422 g/mol. The van der Waals surface area contributed by atoms with Crippen LogP contribution in [0.5, 0.6) is 0 Å². The lowest BCUT2D eigenvalue weighted by atomic mass is 9.84. The van der Waals surface area contributed by atoms with Crippen LogP contribution in [0.25, 0.3) is 0 Å². The Morgan fingerprint density at radius 1 is 0.968 bits per heavy atom. The van der Waals surface area contributed by atoms with Gasteiger partial charge in [0.2, 0.25) is 5.91 Å². The molecule has 0 bridgehead atoms. The molecule has 2 aromatic carbocycles. The lowest BCUT2D eigenvalue weighted by molar-refractivity contribution is -0.123. The summed E-state index contributed by atoms with van der Waals surface area (Å²) in [5.74, 6) is 0.0574. The van der Waals surface area contributed by atoms with E-state index in [1.807, 2.05) is 12.1 Å². The van der Waals surface area contributed by atoms with Gasteiger partial charge in [-0.25, -0.2) is 4.79 Å². The second kappa shape index (κ2) is 9.07. The molecule has 2 fully saturated rings. The smallest absolute Gasteiger partial charge is 0.321 e. The Morgan fingerprint density at radius 2 is 1.65 bits per heavy atom. The third-order valence-corrected chi connectivity index (χ3v) is 6.01. The standard InChI is InChI=1S/C22H24N4O2.CH2O2/c27-21-14-19(15-3-5-16(6-4-15)25-10-1-2-11-25)18-8-7-17(13-20(18)24-21)26-12-9-23-22(26)28;2-1-3/h3-8,13,19H,1-2,9-12,14H2,(H,23,28)(H,24,27);1H,(H,2,3). The number of rotatable bonds is 3. The predicted octanol–water partition coefficient (Wildman–Crippen LogP) is 2.99. The summed E-state index contributed by atoms with van der Waals surface area (Å²) in [5, 5.41) is 12.7. The average Bonchev–Trinajstić information content (AvgIpc) is 3.45. The van der Waals surface area contributed by atoms with Crippen molar-refractivity contribution in [1.29, 1.82) is 0 Å². The third kappa shape index (κ3) is 4.33. The molecule has 3 heterocycles. The van der Waals surface area contributed by atoms with E-state index in [1.54, 1.807) is 4.90 Å². The molecular formula is C23H26N4O4. The summed E-state index contributed by atoms with van der Waals surface area (Å²) in [7, 11) is 0. The Kier molecular flexibility index (Phi) is 6.06. The number of carboxylic acid groups (broad SMARTS) is 1. The number of hydrogen-bond acceptors (Lipinski definition) is 4. The second-order valence-electron chi connectivity index (χ2n) is 7.85. The molecule has 3 amide bonds. The van der Waals surface area contributed by atoms with Crippen molar-refractivity contribution in [3.05, 3.63) is 53.6 Å². The fourth-order valence-corrected chi connectivity index (χ4v) is 4.53. The monoisotopic (exact) mass is 422 g/mol. The summed E-state index contributed by atoms with van der Waals surface area (Å²) in [6.45, 7) is 3.29. The summed E-state index contributed by atoms with van der Waals surface area (Å²) >= 11 is 0. The number of urea groups is 1. The van der Waals surface area contributed by atoms with Crippen LogP contribution in [0, 0.1) is 0 Å². The molecule has 8 heteroatoms. The minimum absolute atomic E-state index is 0.0177. The number of nitrogens with one attached hydrogen (secondary N) is 2. The van der Waals surface area contributed by atoms with E-state index >= 15 is 0 Å². The van der Waals surface area contributed by atoms with Crippen molar-refractivity contribution < 1.29 is 19.5 Å². The first-order valence-electron chi connectivity index (χ1n) is 10.5. The van der Waals surface area contributed by atoms with Gasteiger partial charge < -0.3 is 20.6 Å². The Labute approximate surface area is 180 Å². The largest absolute Gasteiger partial charge is 0.483 e. The highest BCUT2D eigenvalue weighted by Gasteiger charge is 2.29. The Morgan fingerprint density at radius 3 is 2.29 bits per heavy atom. The highest BCUT2D eigenvalue weighted by Crippen LogP contribution is 2.39. The van der Waals surface area contributed by atoms with Crippen LogP contribution in [0.4, 0.5) is 21.9 Å². The molecule has 3 aliphatic heterocycles. The minimum atomic E-state index is -0.250. The minimum Gasteiger partial charge on any atom is -0.483 e. The molecule has 0 saturated carbocycles. The number of anilines is 3. The van der Waals surface area contributed by atoms with Crippen molar-refractivity contribution in [1.82, 2.24) is 5.32 Å². The highest BCUT2D eigenvalue weighted by molar-refractivity contribution is 5.98. The molecule has 0 radical (unpaired) electrons. The first-order chi connectivity index (χ1) is 15.1. The van der Waals surface area contributed by atoms with E-state index in [-0.39, 0.29) is 24.3 Å². The van der Waals surface area contributed by atoms with Gasteiger partial charge in [0.25, 0.3) is 6.47 Å². The van der Waals surface area contributed by atoms with Crippen LogP contribution in [0.1, 0.15) is 36.3 Å². The number of nitrogens with zero attached hydrogens (tertiary/aromatic N) is 2. The second-order valence-corrected chi connectivity index (χ2v) is 7.85. The van der Waals surface area contributed by atoms with Crippen LogP contribution in [-0.2, 0) is 9.59 Å². The molecule has 1 atom stereocenters. The third-order valence-electron chi connectivity index (χ3n) is 6.01. The molecule has 5 rings (SSSR count). The summed E-state index contributed by atoms with van der Waals surface area (Å²) < 4.78 is 0. The zero-order valence-corrected chi connectivity index (χ0v) is 17.2. The van der Waals surface area contributed by atoms with E-state index in [0.29, 0.717) is 19.5 Å². The number of fused-ring (bicyclic) bond motifs is 1. The Hall–Kier alpha value is -3.55. The molecule has 2 aromatic rings. The van der Waals surface area contributed by atoms with Crippen molar-refractivity contribution in [3.8, 4) is 0 Å². The molecule has 8 nitrogen and oxygen atoms in total. The van der Waals surface area contributed by atoms with Crippen LogP contribution in [-0.4, -0.2) is 49.7 Å². The molecule has 0 aliphatic carbocycles. The van der Waals surface area contributed by atoms with Gasteiger partial charge in [-0.2, -0.15) is 0 Å². The highest BCUT2D eigenvalue weighted by atomic mass is 16.3. The van der Waals surface area contributed by atoms with Crippen LogP contribution in [0.15, 0.2) is 42.5 Å². The predicted molar refractivity (Wildman–Crippen MR) is 119 cm³/mol. The topological polar surface area (TPSA) is 102 Å². The van der Waals surface area contributed by atoms with Gasteiger partial charge in [-0.3, -0.25) is 14.5 Å². The first-order valence-corrected chi connectivity index (χ1v) is 10.5. The lowest BCUT2D eigenvalue weighted by Gasteiger charge is -2.28. The molecule has 162 valence electrons. The van der Waals surface area contributed by atoms with E-state index in [0.717, 1.165) is 35.6 Å². The van der Waals surface area contributed by atoms with Crippen molar-refractivity contribution >= 4 is 35.5 Å². The van der Waals surface area contributed by atoms with E-state index in [1.165, 1.54) is 18.5 Å². The number of carbonyl (C=O) groups is 3. The zero-order chi connectivity index (χ0) is 21.8. The number of amides is 3. The Bertz CT molecular complexity index is 970. The van der Waals surface area contributed by atoms with Gasteiger partial charge in [0.05, 0.1) is 0 Å². The molecule has 0 spiro atoms. The van der Waals surface area contributed by atoms with Gasteiger partial charge in [0, 0.05) is 55.6 Å². The first kappa shape index (κ1) is 20.7. The lowest BCUT2D eigenvalue weighted by Crippen LogP contribution is -2.28.